The predicted molar refractivity (Wildman–Crippen MR) is 59.4 cm³/mol. The third-order valence-electron chi connectivity index (χ3n) is 2.19. The van der Waals surface area contributed by atoms with Crippen molar-refractivity contribution in [2.45, 2.75) is 26.0 Å². The van der Waals surface area contributed by atoms with Gasteiger partial charge in [0.25, 0.3) is 0 Å². The maximum absolute atomic E-state index is 10.9. The van der Waals surface area contributed by atoms with Crippen molar-refractivity contribution >= 4 is 9.84 Å². The van der Waals surface area contributed by atoms with E-state index in [-0.39, 0.29) is 5.75 Å². The van der Waals surface area contributed by atoms with Crippen molar-refractivity contribution in [3.05, 3.63) is 24.0 Å². The van der Waals surface area contributed by atoms with E-state index >= 15 is 0 Å². The minimum Gasteiger partial charge on any atom is -0.389 e. The minimum atomic E-state index is -2.87. The van der Waals surface area contributed by atoms with E-state index in [4.69, 9.17) is 0 Å². The van der Waals surface area contributed by atoms with Gasteiger partial charge in [-0.1, -0.05) is 0 Å². The molecule has 0 bridgehead atoms. The summed E-state index contributed by atoms with van der Waals surface area (Å²) in [5.74, 6) is 0.204. The van der Waals surface area contributed by atoms with E-state index in [0.29, 0.717) is 13.0 Å². The first-order chi connectivity index (χ1) is 6.88. The van der Waals surface area contributed by atoms with Crippen molar-refractivity contribution in [3.63, 3.8) is 0 Å². The van der Waals surface area contributed by atoms with E-state index in [0.717, 1.165) is 5.56 Å². The summed E-state index contributed by atoms with van der Waals surface area (Å²) < 4.78 is 23.7. The molecule has 86 valence electrons. The standard InChI is InChI=1S/C10H17NO3S/c1-9(12)10-4-6-11(8-10)5-3-7-15(2,13)14/h4,6,8-9,12H,3,5,7H2,1-2H3. The molecule has 4 nitrogen and oxygen atoms in total. The zero-order valence-electron chi connectivity index (χ0n) is 9.05. The molecule has 15 heavy (non-hydrogen) atoms. The average molecular weight is 231 g/mol. The maximum atomic E-state index is 10.9. The summed E-state index contributed by atoms with van der Waals surface area (Å²) in [6.45, 7) is 2.37. The Labute approximate surface area is 90.5 Å². The third-order valence-corrected chi connectivity index (χ3v) is 3.22. The Morgan fingerprint density at radius 1 is 1.53 bits per heavy atom. The molecule has 0 saturated carbocycles. The Balaban J connectivity index is 2.45. The van der Waals surface area contributed by atoms with E-state index in [2.05, 4.69) is 0 Å². The summed E-state index contributed by atoms with van der Waals surface area (Å²) in [4.78, 5) is 0. The molecular formula is C10H17NO3S. The first-order valence-corrected chi connectivity index (χ1v) is 6.96. The second kappa shape index (κ2) is 4.81. The highest BCUT2D eigenvalue weighted by molar-refractivity contribution is 7.90. The summed E-state index contributed by atoms with van der Waals surface area (Å²) in [5.41, 5.74) is 0.856. The molecule has 5 heteroatoms. The van der Waals surface area contributed by atoms with Gasteiger partial charge in [0.2, 0.25) is 0 Å². The lowest BCUT2D eigenvalue weighted by molar-refractivity contribution is 0.199. The molecule has 0 fully saturated rings. The van der Waals surface area contributed by atoms with Crippen molar-refractivity contribution in [1.82, 2.24) is 4.57 Å². The molecule has 0 saturated heterocycles. The number of hydrogen-bond donors (Lipinski definition) is 1. The molecule has 1 heterocycles. The lowest BCUT2D eigenvalue weighted by Crippen LogP contribution is -2.06. The zero-order chi connectivity index (χ0) is 11.5. The van der Waals surface area contributed by atoms with Crippen LogP contribution in [0, 0.1) is 0 Å². The molecule has 0 radical (unpaired) electrons. The zero-order valence-corrected chi connectivity index (χ0v) is 9.87. The Hall–Kier alpha value is -0.810. The van der Waals surface area contributed by atoms with Crippen molar-refractivity contribution < 1.29 is 13.5 Å². The van der Waals surface area contributed by atoms with Crippen LogP contribution in [0.15, 0.2) is 18.5 Å². The largest absolute Gasteiger partial charge is 0.389 e. The van der Waals surface area contributed by atoms with E-state index < -0.39 is 15.9 Å². The molecule has 0 amide bonds. The van der Waals surface area contributed by atoms with E-state index in [1.807, 2.05) is 23.0 Å². The third kappa shape index (κ3) is 4.48. The minimum absolute atomic E-state index is 0.204. The van der Waals surface area contributed by atoms with Crippen LogP contribution in [0.5, 0.6) is 0 Å². The molecular weight excluding hydrogens is 214 g/mol. The van der Waals surface area contributed by atoms with Gasteiger partial charge < -0.3 is 9.67 Å². The SMILES string of the molecule is CC(O)c1ccn(CCCS(C)(=O)=O)c1. The molecule has 1 N–H and O–H groups in total. The van der Waals surface area contributed by atoms with Crippen LogP contribution in [-0.2, 0) is 16.4 Å². The first-order valence-electron chi connectivity index (χ1n) is 4.90. The number of aromatic nitrogens is 1. The molecule has 0 aliphatic heterocycles. The van der Waals surface area contributed by atoms with Gasteiger partial charge in [-0.15, -0.1) is 0 Å². The van der Waals surface area contributed by atoms with Gasteiger partial charge in [0, 0.05) is 25.2 Å². The number of sulfone groups is 1. The van der Waals surface area contributed by atoms with Gasteiger partial charge >= 0.3 is 0 Å². The number of aliphatic hydroxyl groups excluding tert-OH is 1. The van der Waals surface area contributed by atoms with Gasteiger partial charge in [-0.05, 0) is 25.0 Å². The number of nitrogens with zero attached hydrogens (tertiary/aromatic N) is 1. The Morgan fingerprint density at radius 2 is 2.20 bits per heavy atom. The Kier molecular flexibility index (Phi) is 3.93. The summed E-state index contributed by atoms with van der Waals surface area (Å²) in [6, 6.07) is 1.84. The number of aliphatic hydroxyl groups is 1. The molecule has 0 aliphatic rings. The van der Waals surface area contributed by atoms with Crippen LogP contribution >= 0.6 is 0 Å². The lowest BCUT2D eigenvalue weighted by Gasteiger charge is -2.02. The highest BCUT2D eigenvalue weighted by Gasteiger charge is 2.04. The molecule has 0 spiro atoms. The van der Waals surface area contributed by atoms with Gasteiger partial charge in [0.05, 0.1) is 11.9 Å². The number of rotatable bonds is 5. The van der Waals surface area contributed by atoms with Crippen LogP contribution in [0.2, 0.25) is 0 Å². The van der Waals surface area contributed by atoms with Crippen LogP contribution in [0.25, 0.3) is 0 Å². The fraction of sp³-hybridized carbons (Fsp3) is 0.600. The first kappa shape index (κ1) is 12.3. The maximum Gasteiger partial charge on any atom is 0.147 e. The number of aryl methyl sites for hydroxylation is 1. The van der Waals surface area contributed by atoms with Crippen LogP contribution < -0.4 is 0 Å². The van der Waals surface area contributed by atoms with Crippen LogP contribution in [-0.4, -0.2) is 30.1 Å². The summed E-state index contributed by atoms with van der Waals surface area (Å²) >= 11 is 0. The van der Waals surface area contributed by atoms with Crippen molar-refractivity contribution in [2.75, 3.05) is 12.0 Å². The smallest absolute Gasteiger partial charge is 0.147 e. The Bertz CT molecular complexity index is 406. The fourth-order valence-corrected chi connectivity index (χ4v) is 2.01. The average Bonchev–Trinajstić information content (AvgIpc) is 2.50. The van der Waals surface area contributed by atoms with E-state index in [1.54, 1.807) is 6.92 Å². The topological polar surface area (TPSA) is 59.3 Å². The second-order valence-corrected chi connectivity index (χ2v) is 6.10. The lowest BCUT2D eigenvalue weighted by atomic mass is 10.2. The van der Waals surface area contributed by atoms with E-state index in [1.165, 1.54) is 6.26 Å². The molecule has 0 aliphatic carbocycles. The molecule has 0 aromatic carbocycles. The second-order valence-electron chi connectivity index (χ2n) is 3.84. The Morgan fingerprint density at radius 3 is 2.67 bits per heavy atom. The van der Waals surface area contributed by atoms with Crippen molar-refractivity contribution in [1.29, 1.82) is 0 Å². The summed E-state index contributed by atoms with van der Waals surface area (Å²) in [6.07, 6.45) is 5.06. The van der Waals surface area contributed by atoms with Crippen molar-refractivity contribution in [2.24, 2.45) is 0 Å². The van der Waals surface area contributed by atoms with E-state index in [9.17, 15) is 13.5 Å². The van der Waals surface area contributed by atoms with Crippen LogP contribution in [0.4, 0.5) is 0 Å². The van der Waals surface area contributed by atoms with Gasteiger partial charge in [0.15, 0.2) is 0 Å². The molecule has 1 unspecified atom stereocenters. The monoisotopic (exact) mass is 231 g/mol. The quantitative estimate of drug-likeness (QED) is 0.821. The number of hydrogen-bond acceptors (Lipinski definition) is 3. The van der Waals surface area contributed by atoms with Crippen LogP contribution in [0.1, 0.15) is 25.0 Å². The predicted octanol–water partition coefficient (Wildman–Crippen LogP) is 0.976. The highest BCUT2D eigenvalue weighted by Crippen LogP contribution is 2.12. The van der Waals surface area contributed by atoms with Crippen LogP contribution in [0.3, 0.4) is 0 Å². The molecule has 1 atom stereocenters. The molecule has 1 rings (SSSR count). The fourth-order valence-electron chi connectivity index (χ4n) is 1.35. The summed E-state index contributed by atoms with van der Waals surface area (Å²) in [5, 5.41) is 9.28. The van der Waals surface area contributed by atoms with Gasteiger partial charge in [-0.3, -0.25) is 0 Å². The summed E-state index contributed by atoms with van der Waals surface area (Å²) in [7, 11) is -2.87. The van der Waals surface area contributed by atoms with Gasteiger partial charge in [-0.25, -0.2) is 8.42 Å². The highest BCUT2D eigenvalue weighted by atomic mass is 32.2. The van der Waals surface area contributed by atoms with Gasteiger partial charge in [-0.2, -0.15) is 0 Å². The van der Waals surface area contributed by atoms with Crippen molar-refractivity contribution in [3.8, 4) is 0 Å². The van der Waals surface area contributed by atoms with Gasteiger partial charge in [0.1, 0.15) is 9.84 Å². The molecule has 1 aromatic rings. The molecule has 1 aromatic heterocycles. The normalized spacial score (nSPS) is 14.1.